The smallest absolute Gasteiger partial charge is 0.416 e. The van der Waals surface area contributed by atoms with Crippen molar-refractivity contribution in [2.75, 3.05) is 6.54 Å². The summed E-state index contributed by atoms with van der Waals surface area (Å²) in [5.41, 5.74) is 1.30. The Morgan fingerprint density at radius 1 is 1.07 bits per heavy atom. The second-order valence-electron chi connectivity index (χ2n) is 6.90. The maximum atomic E-state index is 13.5. The third-order valence-corrected chi connectivity index (χ3v) is 5.64. The lowest BCUT2D eigenvalue weighted by molar-refractivity contribution is 0.0696. The Hall–Kier alpha value is -2.97. The maximum Gasteiger partial charge on any atom is 0.416 e. The van der Waals surface area contributed by atoms with E-state index < -0.39 is 17.8 Å². The number of carboxylic acid groups (broad SMARTS) is 2. The molecule has 0 saturated carbocycles. The predicted octanol–water partition coefficient (Wildman–Crippen LogP) is 4.28. The molecule has 7 nitrogen and oxygen atoms in total. The van der Waals surface area contributed by atoms with E-state index in [-0.39, 0.29) is 22.7 Å². The number of nitrogens with zero attached hydrogens (tertiary/aromatic N) is 1. The molecule has 148 valence electrons. The summed E-state index contributed by atoms with van der Waals surface area (Å²) in [5.74, 6) is -1.53. The van der Waals surface area contributed by atoms with Crippen molar-refractivity contribution in [1.29, 1.82) is 0 Å². The molecule has 0 radical (unpaired) electrons. The summed E-state index contributed by atoms with van der Waals surface area (Å²) in [6.07, 6.45) is 0.414. The highest BCUT2D eigenvalue weighted by Crippen LogP contribution is 2.36. The van der Waals surface area contributed by atoms with Crippen LogP contribution in [-0.4, -0.2) is 39.2 Å². The zero-order chi connectivity index (χ0) is 20.7. The average molecular weight is 457 g/mol. The molecule has 0 spiro atoms. The quantitative estimate of drug-likeness (QED) is 0.505. The Balaban J connectivity index is 2.02. The first kappa shape index (κ1) is 19.4. The number of fused-ring (bicyclic) bond motifs is 1. The largest absolute Gasteiger partial charge is 0.478 e. The van der Waals surface area contributed by atoms with E-state index in [9.17, 15) is 24.6 Å². The molecule has 2 heterocycles. The summed E-state index contributed by atoms with van der Waals surface area (Å²) in [6, 6.07) is 10.6. The zero-order valence-corrected chi connectivity index (χ0v) is 16.8. The third-order valence-electron chi connectivity index (χ3n) is 5.15. The fraction of sp³-hybridized carbons (Fsp3) is 0.190. The van der Waals surface area contributed by atoms with E-state index in [2.05, 4.69) is 21.2 Å². The zero-order valence-electron chi connectivity index (χ0n) is 15.2. The lowest BCUT2D eigenvalue weighted by atomic mass is 9.96. The van der Waals surface area contributed by atoms with Gasteiger partial charge in [-0.2, -0.15) is 0 Å². The van der Waals surface area contributed by atoms with Gasteiger partial charge in [0.05, 0.1) is 22.3 Å². The number of carboxylic acids is 1. The van der Waals surface area contributed by atoms with Crippen LogP contribution in [0.5, 0.6) is 0 Å². The highest BCUT2D eigenvalue weighted by molar-refractivity contribution is 9.10. The molecular weight excluding hydrogens is 440 g/mol. The van der Waals surface area contributed by atoms with Gasteiger partial charge < -0.3 is 15.5 Å². The van der Waals surface area contributed by atoms with Crippen molar-refractivity contribution in [1.82, 2.24) is 9.88 Å². The molecule has 1 aliphatic heterocycles. The Morgan fingerprint density at radius 3 is 2.48 bits per heavy atom. The second-order valence-corrected chi connectivity index (χ2v) is 7.82. The molecule has 0 bridgehead atoms. The first-order valence-corrected chi connectivity index (χ1v) is 9.86. The number of aromatic nitrogens is 1. The minimum absolute atomic E-state index is 0.000422. The average Bonchev–Trinajstić information content (AvgIpc) is 3.32. The number of carbonyl (C=O) groups excluding carboxylic acids is 1. The molecule has 1 aliphatic rings. The monoisotopic (exact) mass is 456 g/mol. The van der Waals surface area contributed by atoms with Crippen molar-refractivity contribution in [3.63, 3.8) is 0 Å². The first-order chi connectivity index (χ1) is 13.9. The van der Waals surface area contributed by atoms with Crippen molar-refractivity contribution < 1.29 is 24.6 Å². The maximum absolute atomic E-state index is 13.5. The van der Waals surface area contributed by atoms with Gasteiger partial charge >= 0.3 is 12.1 Å². The van der Waals surface area contributed by atoms with Gasteiger partial charge in [-0.3, -0.25) is 4.79 Å². The van der Waals surface area contributed by atoms with E-state index in [4.69, 9.17) is 0 Å². The number of nitrogens with one attached hydrogen (secondary N) is 1. The van der Waals surface area contributed by atoms with Crippen molar-refractivity contribution in [3.05, 3.63) is 69.3 Å². The molecular formula is C21H17BrN2O5. The van der Waals surface area contributed by atoms with Gasteiger partial charge in [0.25, 0.3) is 0 Å². The summed E-state index contributed by atoms with van der Waals surface area (Å²) in [5, 5.41) is 23.0. The molecule has 4 rings (SSSR count). The molecule has 1 fully saturated rings. The molecule has 29 heavy (non-hydrogen) atoms. The van der Waals surface area contributed by atoms with E-state index in [0.717, 1.165) is 13.0 Å². The van der Waals surface area contributed by atoms with Crippen LogP contribution < -0.4 is 5.32 Å². The normalized spacial score (nSPS) is 16.2. The summed E-state index contributed by atoms with van der Waals surface area (Å²) in [7, 11) is 0. The van der Waals surface area contributed by atoms with Gasteiger partial charge in [-0.05, 0) is 49.7 Å². The van der Waals surface area contributed by atoms with Gasteiger partial charge in [0.15, 0.2) is 5.78 Å². The molecule has 0 unspecified atom stereocenters. The van der Waals surface area contributed by atoms with E-state index in [0.29, 0.717) is 27.5 Å². The number of halogens is 1. The van der Waals surface area contributed by atoms with Gasteiger partial charge in [-0.1, -0.05) is 28.1 Å². The summed E-state index contributed by atoms with van der Waals surface area (Å²) < 4.78 is 1.88. The Kier molecular flexibility index (Phi) is 4.97. The van der Waals surface area contributed by atoms with Crippen LogP contribution in [0, 0.1) is 0 Å². The van der Waals surface area contributed by atoms with Crippen LogP contribution in [0.25, 0.3) is 10.9 Å². The predicted molar refractivity (Wildman–Crippen MR) is 110 cm³/mol. The molecule has 1 aromatic heterocycles. The van der Waals surface area contributed by atoms with Crippen LogP contribution in [0.1, 0.15) is 50.9 Å². The van der Waals surface area contributed by atoms with Gasteiger partial charge in [-0.15, -0.1) is 0 Å². The van der Waals surface area contributed by atoms with Gasteiger partial charge in [-0.25, -0.2) is 14.2 Å². The van der Waals surface area contributed by atoms with Crippen molar-refractivity contribution in [3.8, 4) is 0 Å². The highest BCUT2D eigenvalue weighted by Gasteiger charge is 2.32. The van der Waals surface area contributed by atoms with Gasteiger partial charge in [0.1, 0.15) is 0 Å². The van der Waals surface area contributed by atoms with Gasteiger partial charge in [0.2, 0.25) is 0 Å². The molecule has 8 heteroatoms. The summed E-state index contributed by atoms with van der Waals surface area (Å²) in [6.45, 7) is 0.734. The minimum atomic E-state index is -1.17. The fourth-order valence-corrected chi connectivity index (χ4v) is 4.27. The number of carbonyl (C=O) groups is 3. The third kappa shape index (κ3) is 3.34. The van der Waals surface area contributed by atoms with Crippen molar-refractivity contribution in [2.24, 2.45) is 0 Å². The van der Waals surface area contributed by atoms with Gasteiger partial charge in [0, 0.05) is 21.5 Å². The number of hydrogen-bond acceptors (Lipinski definition) is 4. The Labute approximate surface area is 174 Å². The lowest BCUT2D eigenvalue weighted by Gasteiger charge is -2.15. The molecule has 0 amide bonds. The fourth-order valence-electron chi connectivity index (χ4n) is 3.91. The summed E-state index contributed by atoms with van der Waals surface area (Å²) >= 11 is 3.40. The van der Waals surface area contributed by atoms with E-state index in [1.165, 1.54) is 22.8 Å². The van der Waals surface area contributed by atoms with E-state index in [1.807, 2.05) is 0 Å². The van der Waals surface area contributed by atoms with Crippen molar-refractivity contribution in [2.45, 2.75) is 18.9 Å². The van der Waals surface area contributed by atoms with Crippen LogP contribution in [0.2, 0.25) is 0 Å². The van der Waals surface area contributed by atoms with Crippen LogP contribution >= 0.6 is 15.9 Å². The van der Waals surface area contributed by atoms with Crippen LogP contribution in [-0.2, 0) is 0 Å². The molecule has 1 atom stereocenters. The minimum Gasteiger partial charge on any atom is -0.478 e. The topological polar surface area (TPSA) is 109 Å². The summed E-state index contributed by atoms with van der Waals surface area (Å²) in [4.78, 5) is 37.0. The standard InChI is InChI=1S/C21H17BrN2O5/c22-13-6-7-16-14(10-13)17(18(24(16)21(28)29)15-5-2-8-23-15)19(25)11-3-1-4-12(9-11)20(26)27/h1,3-4,6-7,9-10,15,23H,2,5,8H2,(H,26,27)(H,28,29)/t15-/m1/s1. The van der Waals surface area contributed by atoms with E-state index >= 15 is 0 Å². The van der Waals surface area contributed by atoms with Crippen LogP contribution in [0.15, 0.2) is 46.9 Å². The number of rotatable bonds is 4. The molecule has 1 saturated heterocycles. The second kappa shape index (κ2) is 7.46. The lowest BCUT2D eigenvalue weighted by Crippen LogP contribution is -2.23. The first-order valence-electron chi connectivity index (χ1n) is 9.07. The number of aromatic carboxylic acids is 1. The molecule has 2 aromatic carbocycles. The van der Waals surface area contributed by atoms with E-state index in [1.54, 1.807) is 24.3 Å². The van der Waals surface area contributed by atoms with Crippen LogP contribution in [0.4, 0.5) is 4.79 Å². The molecule has 3 N–H and O–H groups in total. The number of benzene rings is 2. The molecule has 0 aliphatic carbocycles. The van der Waals surface area contributed by atoms with Crippen LogP contribution in [0.3, 0.4) is 0 Å². The SMILES string of the molecule is O=C(O)c1cccc(C(=O)c2c([C@H]3CCCN3)n(C(=O)O)c3ccc(Br)cc23)c1. The Bertz CT molecular complexity index is 1160. The number of ketones is 1. The Morgan fingerprint density at radius 2 is 1.83 bits per heavy atom. The molecule has 3 aromatic rings. The van der Waals surface area contributed by atoms with Crippen molar-refractivity contribution >= 4 is 44.7 Å². The number of hydrogen-bond donors (Lipinski definition) is 3. The highest BCUT2D eigenvalue weighted by atomic mass is 79.9.